The molecular formula is C60H102O6. The van der Waals surface area contributed by atoms with Crippen LogP contribution in [-0.2, 0) is 28.6 Å². The van der Waals surface area contributed by atoms with Crippen molar-refractivity contribution in [1.29, 1.82) is 0 Å². The number of esters is 3. The molecule has 0 bridgehead atoms. The van der Waals surface area contributed by atoms with Crippen molar-refractivity contribution < 1.29 is 28.6 Å². The van der Waals surface area contributed by atoms with Gasteiger partial charge in [0.2, 0.25) is 0 Å². The van der Waals surface area contributed by atoms with Gasteiger partial charge in [0.1, 0.15) is 13.2 Å². The highest BCUT2D eigenvalue weighted by Crippen LogP contribution is 2.14. The van der Waals surface area contributed by atoms with E-state index in [1.54, 1.807) is 0 Å². The second-order valence-electron chi connectivity index (χ2n) is 18.1. The number of unbranched alkanes of at least 4 members (excludes halogenated alkanes) is 24. The van der Waals surface area contributed by atoms with E-state index in [9.17, 15) is 14.4 Å². The zero-order valence-electron chi connectivity index (χ0n) is 43.2. The summed E-state index contributed by atoms with van der Waals surface area (Å²) < 4.78 is 16.8. The monoisotopic (exact) mass is 919 g/mol. The van der Waals surface area contributed by atoms with Crippen molar-refractivity contribution in [2.45, 2.75) is 264 Å². The second kappa shape index (κ2) is 54.2. The number of allylic oxidation sites excluding steroid dienone is 14. The molecule has 6 nitrogen and oxygen atoms in total. The molecule has 0 aliphatic carbocycles. The zero-order chi connectivity index (χ0) is 47.9. The van der Waals surface area contributed by atoms with Gasteiger partial charge >= 0.3 is 17.9 Å². The molecule has 0 rings (SSSR count). The van der Waals surface area contributed by atoms with Crippen LogP contribution in [0.1, 0.15) is 258 Å². The SMILES string of the molecule is CC/C=C\C/C=C\C/C=C\C/C=C\C/C=C\C/C=C\CCCCCCCCC(=O)OCC(COC(=O)CCCCCCCCCCC)OC(=O)CCCCCCC/C=C\CCCCCCC. The minimum Gasteiger partial charge on any atom is -0.462 e. The fourth-order valence-corrected chi connectivity index (χ4v) is 7.50. The summed E-state index contributed by atoms with van der Waals surface area (Å²) >= 11 is 0. The number of hydrogen-bond acceptors (Lipinski definition) is 6. The van der Waals surface area contributed by atoms with Gasteiger partial charge in [-0.3, -0.25) is 14.4 Å². The summed E-state index contributed by atoms with van der Waals surface area (Å²) in [5, 5.41) is 0. The van der Waals surface area contributed by atoms with Crippen molar-refractivity contribution in [1.82, 2.24) is 0 Å². The Balaban J connectivity index is 4.29. The Morgan fingerprint density at radius 1 is 0.318 bits per heavy atom. The highest BCUT2D eigenvalue weighted by Gasteiger charge is 2.19. The van der Waals surface area contributed by atoms with Crippen molar-refractivity contribution >= 4 is 17.9 Å². The van der Waals surface area contributed by atoms with E-state index in [1.165, 1.54) is 96.3 Å². The molecule has 0 aromatic rings. The van der Waals surface area contributed by atoms with E-state index in [1.807, 2.05) is 0 Å². The maximum atomic E-state index is 12.8. The zero-order valence-corrected chi connectivity index (χ0v) is 43.2. The van der Waals surface area contributed by atoms with Crippen molar-refractivity contribution in [3.8, 4) is 0 Å². The Morgan fingerprint density at radius 2 is 0.591 bits per heavy atom. The van der Waals surface area contributed by atoms with E-state index in [0.29, 0.717) is 19.3 Å². The van der Waals surface area contributed by atoms with Crippen LogP contribution in [0.5, 0.6) is 0 Å². The highest BCUT2D eigenvalue weighted by atomic mass is 16.6. The van der Waals surface area contributed by atoms with Crippen LogP contribution in [0.2, 0.25) is 0 Å². The minimum absolute atomic E-state index is 0.0832. The van der Waals surface area contributed by atoms with Crippen LogP contribution >= 0.6 is 0 Å². The lowest BCUT2D eigenvalue weighted by molar-refractivity contribution is -0.167. The molecule has 0 heterocycles. The first kappa shape index (κ1) is 62.6. The molecule has 378 valence electrons. The summed E-state index contributed by atoms with van der Waals surface area (Å²) in [5.41, 5.74) is 0. The van der Waals surface area contributed by atoms with E-state index >= 15 is 0 Å². The molecule has 0 aliphatic rings. The molecule has 0 amide bonds. The number of carbonyl (C=O) groups excluding carboxylic acids is 3. The van der Waals surface area contributed by atoms with Gasteiger partial charge in [-0.05, 0) is 96.3 Å². The average Bonchev–Trinajstić information content (AvgIpc) is 3.31. The van der Waals surface area contributed by atoms with E-state index in [-0.39, 0.29) is 31.1 Å². The fourth-order valence-electron chi connectivity index (χ4n) is 7.50. The lowest BCUT2D eigenvalue weighted by atomic mass is 10.1. The van der Waals surface area contributed by atoms with Crippen molar-refractivity contribution in [3.63, 3.8) is 0 Å². The predicted octanol–water partition coefficient (Wildman–Crippen LogP) is 18.4. The van der Waals surface area contributed by atoms with Gasteiger partial charge in [0.05, 0.1) is 0 Å². The van der Waals surface area contributed by atoms with E-state index < -0.39 is 6.10 Å². The van der Waals surface area contributed by atoms with Gasteiger partial charge in [0.15, 0.2) is 6.10 Å². The van der Waals surface area contributed by atoms with Crippen LogP contribution in [0.15, 0.2) is 85.1 Å². The summed E-state index contributed by atoms with van der Waals surface area (Å²) in [7, 11) is 0. The Morgan fingerprint density at radius 3 is 0.939 bits per heavy atom. The van der Waals surface area contributed by atoms with Gasteiger partial charge in [-0.2, -0.15) is 0 Å². The van der Waals surface area contributed by atoms with Gasteiger partial charge in [-0.25, -0.2) is 0 Å². The molecule has 6 heteroatoms. The molecule has 0 N–H and O–H groups in total. The summed E-state index contributed by atoms with van der Waals surface area (Å²) in [6.07, 6.45) is 70.0. The van der Waals surface area contributed by atoms with Crippen molar-refractivity contribution in [2.75, 3.05) is 13.2 Å². The third-order valence-electron chi connectivity index (χ3n) is 11.6. The predicted molar refractivity (Wildman–Crippen MR) is 284 cm³/mol. The second-order valence-corrected chi connectivity index (χ2v) is 18.1. The Hall–Kier alpha value is -3.41. The Labute approximate surface area is 407 Å². The molecule has 0 aromatic carbocycles. The topological polar surface area (TPSA) is 78.9 Å². The lowest BCUT2D eigenvalue weighted by Gasteiger charge is -2.18. The first-order chi connectivity index (χ1) is 32.5. The molecule has 0 aliphatic heterocycles. The smallest absolute Gasteiger partial charge is 0.306 e. The van der Waals surface area contributed by atoms with Crippen molar-refractivity contribution in [3.05, 3.63) is 85.1 Å². The number of ether oxygens (including phenoxy) is 3. The summed E-state index contributed by atoms with van der Waals surface area (Å²) in [5.74, 6) is -0.908. The number of carbonyl (C=O) groups is 3. The largest absolute Gasteiger partial charge is 0.462 e. The first-order valence-electron chi connectivity index (χ1n) is 27.6. The van der Waals surface area contributed by atoms with Crippen LogP contribution < -0.4 is 0 Å². The van der Waals surface area contributed by atoms with E-state index in [0.717, 1.165) is 122 Å². The molecule has 1 unspecified atom stereocenters. The molecule has 1 atom stereocenters. The fraction of sp³-hybridized carbons (Fsp3) is 0.717. The Kier molecular flexibility index (Phi) is 51.4. The molecule has 0 saturated carbocycles. The van der Waals surface area contributed by atoms with Crippen LogP contribution in [0.4, 0.5) is 0 Å². The molecule has 0 fully saturated rings. The molecule has 0 saturated heterocycles. The minimum atomic E-state index is -0.784. The van der Waals surface area contributed by atoms with E-state index in [4.69, 9.17) is 14.2 Å². The maximum absolute atomic E-state index is 12.8. The van der Waals surface area contributed by atoms with Crippen molar-refractivity contribution in [2.24, 2.45) is 0 Å². The standard InChI is InChI=1S/C60H102O6/c1-4-7-10-13-16-19-21-23-25-26-27-28-29-30-31-32-33-34-35-37-38-41-44-47-50-53-59(62)65-56-57(55-64-58(61)52-49-46-43-40-18-15-12-9-6-3)66-60(63)54-51-48-45-42-39-36-24-22-20-17-14-11-8-5-2/h7,10,16,19,22-25,27-28,30-31,33-34,57H,4-6,8-9,11-15,17-18,20-21,26,29,32,35-56H2,1-3H3/b10-7-,19-16-,24-22-,25-23-,28-27-,31-30-,34-33-. The van der Waals surface area contributed by atoms with Gasteiger partial charge in [-0.1, -0.05) is 228 Å². The van der Waals surface area contributed by atoms with Crippen LogP contribution in [0.3, 0.4) is 0 Å². The molecule has 66 heavy (non-hydrogen) atoms. The van der Waals surface area contributed by atoms with Gasteiger partial charge in [-0.15, -0.1) is 0 Å². The third kappa shape index (κ3) is 51.6. The first-order valence-corrected chi connectivity index (χ1v) is 27.6. The van der Waals surface area contributed by atoms with Crippen LogP contribution in [0.25, 0.3) is 0 Å². The van der Waals surface area contributed by atoms with Gasteiger partial charge in [0.25, 0.3) is 0 Å². The van der Waals surface area contributed by atoms with Gasteiger partial charge in [0, 0.05) is 19.3 Å². The average molecular weight is 919 g/mol. The quantitative estimate of drug-likeness (QED) is 0.0262. The lowest BCUT2D eigenvalue weighted by Crippen LogP contribution is -2.30. The Bertz CT molecular complexity index is 1290. The highest BCUT2D eigenvalue weighted by molar-refractivity contribution is 5.71. The summed E-state index contributed by atoms with van der Waals surface area (Å²) in [6, 6.07) is 0. The maximum Gasteiger partial charge on any atom is 0.306 e. The van der Waals surface area contributed by atoms with Gasteiger partial charge < -0.3 is 14.2 Å². The molecule has 0 aromatic heterocycles. The summed E-state index contributed by atoms with van der Waals surface area (Å²) in [6.45, 7) is 6.48. The number of hydrogen-bond donors (Lipinski definition) is 0. The molecule has 0 spiro atoms. The number of rotatable bonds is 49. The summed E-state index contributed by atoms with van der Waals surface area (Å²) in [4.78, 5) is 38.0. The van der Waals surface area contributed by atoms with Crippen LogP contribution in [-0.4, -0.2) is 37.2 Å². The van der Waals surface area contributed by atoms with E-state index in [2.05, 4.69) is 106 Å². The molecule has 0 radical (unpaired) electrons. The molecular weight excluding hydrogens is 817 g/mol. The normalized spacial score (nSPS) is 12.7. The third-order valence-corrected chi connectivity index (χ3v) is 11.6. The van der Waals surface area contributed by atoms with Crippen LogP contribution in [0, 0.1) is 0 Å².